The Balaban J connectivity index is 1.80. The summed E-state index contributed by atoms with van der Waals surface area (Å²) in [5, 5.41) is 17.1. The van der Waals surface area contributed by atoms with Crippen LogP contribution in [0.5, 0.6) is 5.75 Å². The Bertz CT molecular complexity index is 721. The van der Waals surface area contributed by atoms with Crippen LogP contribution in [0.25, 0.3) is 0 Å². The zero-order valence-electron chi connectivity index (χ0n) is 20.3. The number of carbonyl (C=O) groups is 1. The molecule has 8 nitrogen and oxygen atoms in total. The Morgan fingerprint density at radius 3 is 2.62 bits per heavy atom. The van der Waals surface area contributed by atoms with E-state index in [1.165, 1.54) is 0 Å². The van der Waals surface area contributed by atoms with Crippen LogP contribution in [0.3, 0.4) is 0 Å². The van der Waals surface area contributed by atoms with Gasteiger partial charge in [0.1, 0.15) is 5.75 Å². The van der Waals surface area contributed by atoms with Gasteiger partial charge < -0.3 is 25.4 Å². The maximum absolute atomic E-state index is 12.3. The molecule has 3 N–H and O–H groups in total. The van der Waals surface area contributed by atoms with Crippen molar-refractivity contribution >= 4 is 11.9 Å². The fourth-order valence-corrected chi connectivity index (χ4v) is 3.83. The third-order valence-electron chi connectivity index (χ3n) is 5.41. The van der Waals surface area contributed by atoms with E-state index in [1.54, 1.807) is 4.90 Å². The molecule has 0 saturated carbocycles. The van der Waals surface area contributed by atoms with E-state index in [1.807, 2.05) is 59.1 Å². The molecule has 1 aliphatic rings. The van der Waals surface area contributed by atoms with Crippen LogP contribution in [0.15, 0.2) is 29.3 Å². The molecular formula is C24H41N5O3. The minimum Gasteiger partial charge on any atom is -0.491 e. The van der Waals surface area contributed by atoms with Crippen molar-refractivity contribution in [3.05, 3.63) is 29.8 Å². The van der Waals surface area contributed by atoms with Gasteiger partial charge in [-0.05, 0) is 64.3 Å². The van der Waals surface area contributed by atoms with Crippen LogP contribution >= 0.6 is 0 Å². The molecule has 180 valence electrons. The van der Waals surface area contributed by atoms with Crippen molar-refractivity contribution in [3.8, 4) is 5.75 Å². The second-order valence-electron chi connectivity index (χ2n) is 8.68. The lowest BCUT2D eigenvalue weighted by Crippen LogP contribution is -2.44. The van der Waals surface area contributed by atoms with Gasteiger partial charge in [0.25, 0.3) is 0 Å². The monoisotopic (exact) mass is 447 g/mol. The number of nitrogens with one attached hydrogen (secondary N) is 2. The molecule has 0 aliphatic carbocycles. The molecule has 2 unspecified atom stereocenters. The van der Waals surface area contributed by atoms with Crippen molar-refractivity contribution in [2.24, 2.45) is 4.99 Å². The van der Waals surface area contributed by atoms with E-state index in [0.29, 0.717) is 5.96 Å². The number of hydrogen-bond donors (Lipinski definition) is 3. The van der Waals surface area contributed by atoms with Gasteiger partial charge in [0.15, 0.2) is 5.96 Å². The molecule has 1 aromatic rings. The summed E-state index contributed by atoms with van der Waals surface area (Å²) in [6.07, 6.45) is 2.37. The number of carbonyl (C=O) groups excluding carboxylic acids is 1. The molecule has 1 aromatic carbocycles. The smallest absolute Gasteiger partial charge is 0.239 e. The van der Waals surface area contributed by atoms with Gasteiger partial charge in [-0.15, -0.1) is 0 Å². The van der Waals surface area contributed by atoms with E-state index in [0.717, 1.165) is 56.8 Å². The summed E-state index contributed by atoms with van der Waals surface area (Å²) in [5.41, 5.74) is 0.811. The first kappa shape index (κ1) is 25.9. The lowest BCUT2D eigenvalue weighted by molar-refractivity contribution is -0.133. The molecule has 1 heterocycles. The number of ether oxygens (including phenoxy) is 1. The summed E-state index contributed by atoms with van der Waals surface area (Å²) in [6, 6.07) is 7.51. The standard InChI is InChI=1S/C24H41N5O3/c1-6-25-24(26-14-8-16-29-15-7-9-21(29)23(31)28(4)5)27-17-22(30)19-10-12-20(13-11-19)32-18(2)3/h10-13,18,21-22,30H,6-9,14-17H2,1-5H3,(H2,25,26,27). The first-order chi connectivity index (χ1) is 15.3. The summed E-state index contributed by atoms with van der Waals surface area (Å²) in [7, 11) is 3.64. The lowest BCUT2D eigenvalue weighted by Gasteiger charge is -2.26. The van der Waals surface area contributed by atoms with Gasteiger partial charge in [0, 0.05) is 33.7 Å². The average molecular weight is 448 g/mol. The first-order valence-electron chi connectivity index (χ1n) is 11.7. The minimum atomic E-state index is -0.680. The van der Waals surface area contributed by atoms with Gasteiger partial charge in [0.2, 0.25) is 5.91 Å². The van der Waals surface area contributed by atoms with E-state index in [-0.39, 0.29) is 24.6 Å². The van der Waals surface area contributed by atoms with Gasteiger partial charge in [-0.2, -0.15) is 0 Å². The predicted molar refractivity (Wildman–Crippen MR) is 129 cm³/mol. The third-order valence-corrected chi connectivity index (χ3v) is 5.41. The zero-order chi connectivity index (χ0) is 23.5. The van der Waals surface area contributed by atoms with Crippen LogP contribution in [0.4, 0.5) is 0 Å². The number of guanidine groups is 1. The summed E-state index contributed by atoms with van der Waals surface area (Å²) in [6.45, 7) is 9.61. The molecule has 1 saturated heterocycles. The molecule has 1 aliphatic heterocycles. The van der Waals surface area contributed by atoms with Crippen molar-refractivity contribution in [2.45, 2.75) is 58.3 Å². The second-order valence-corrected chi connectivity index (χ2v) is 8.68. The summed E-state index contributed by atoms with van der Waals surface area (Å²) in [5.74, 6) is 1.68. The lowest BCUT2D eigenvalue weighted by atomic mass is 10.1. The number of hydrogen-bond acceptors (Lipinski definition) is 5. The molecule has 1 amide bonds. The molecule has 8 heteroatoms. The summed E-state index contributed by atoms with van der Waals surface area (Å²) < 4.78 is 5.65. The van der Waals surface area contributed by atoms with E-state index in [2.05, 4.69) is 20.5 Å². The van der Waals surface area contributed by atoms with Crippen LogP contribution in [0.2, 0.25) is 0 Å². The maximum atomic E-state index is 12.3. The van der Waals surface area contributed by atoms with E-state index < -0.39 is 6.10 Å². The highest BCUT2D eigenvalue weighted by atomic mass is 16.5. The number of amides is 1. The average Bonchev–Trinajstić information content (AvgIpc) is 3.22. The first-order valence-corrected chi connectivity index (χ1v) is 11.7. The highest BCUT2D eigenvalue weighted by Gasteiger charge is 2.30. The Morgan fingerprint density at radius 1 is 1.28 bits per heavy atom. The van der Waals surface area contributed by atoms with Crippen molar-refractivity contribution in [1.82, 2.24) is 20.4 Å². The van der Waals surface area contributed by atoms with Crippen molar-refractivity contribution in [3.63, 3.8) is 0 Å². The molecule has 0 aromatic heterocycles. The molecule has 1 fully saturated rings. The number of likely N-dealkylation sites (tertiary alicyclic amines) is 1. The number of aliphatic hydroxyl groups is 1. The van der Waals surface area contributed by atoms with Crippen LogP contribution in [-0.4, -0.2) is 85.7 Å². The van der Waals surface area contributed by atoms with Gasteiger partial charge in [-0.25, -0.2) is 0 Å². The second kappa shape index (κ2) is 13.3. The van der Waals surface area contributed by atoms with Gasteiger partial charge in [-0.1, -0.05) is 12.1 Å². The highest BCUT2D eigenvalue weighted by molar-refractivity contribution is 5.81. The SMILES string of the molecule is CCNC(=NCC(O)c1ccc(OC(C)C)cc1)NCCCN1CCCC1C(=O)N(C)C. The van der Waals surface area contributed by atoms with Gasteiger partial charge in [0.05, 0.1) is 24.8 Å². The largest absolute Gasteiger partial charge is 0.491 e. The fraction of sp³-hybridized carbons (Fsp3) is 0.667. The van der Waals surface area contributed by atoms with Gasteiger partial charge in [-0.3, -0.25) is 14.7 Å². The predicted octanol–water partition coefficient (Wildman–Crippen LogP) is 2.01. The maximum Gasteiger partial charge on any atom is 0.239 e. The molecule has 32 heavy (non-hydrogen) atoms. The number of benzene rings is 1. The molecule has 0 bridgehead atoms. The minimum absolute atomic E-state index is 0.0133. The molecule has 2 atom stereocenters. The van der Waals surface area contributed by atoms with Crippen LogP contribution in [0.1, 0.15) is 51.7 Å². The van der Waals surface area contributed by atoms with Crippen LogP contribution in [-0.2, 0) is 4.79 Å². The fourth-order valence-electron chi connectivity index (χ4n) is 3.83. The van der Waals surface area contributed by atoms with E-state index in [4.69, 9.17) is 4.74 Å². The van der Waals surface area contributed by atoms with E-state index in [9.17, 15) is 9.90 Å². The number of aliphatic imine (C=N–C) groups is 1. The number of aliphatic hydroxyl groups excluding tert-OH is 1. The van der Waals surface area contributed by atoms with Crippen molar-refractivity contribution in [2.75, 3.05) is 46.8 Å². The number of rotatable bonds is 11. The summed E-state index contributed by atoms with van der Waals surface area (Å²) >= 11 is 0. The van der Waals surface area contributed by atoms with E-state index >= 15 is 0 Å². The third kappa shape index (κ3) is 8.31. The molecule has 0 radical (unpaired) electrons. The quantitative estimate of drug-likeness (QED) is 0.273. The number of likely N-dealkylation sites (N-methyl/N-ethyl adjacent to an activating group) is 1. The van der Waals surface area contributed by atoms with Crippen molar-refractivity contribution in [1.29, 1.82) is 0 Å². The van der Waals surface area contributed by atoms with Gasteiger partial charge >= 0.3 is 0 Å². The molecule has 2 rings (SSSR count). The highest BCUT2D eigenvalue weighted by Crippen LogP contribution is 2.20. The molecule has 0 spiro atoms. The summed E-state index contributed by atoms with van der Waals surface area (Å²) in [4.78, 5) is 20.8. The van der Waals surface area contributed by atoms with Crippen LogP contribution in [0, 0.1) is 0 Å². The van der Waals surface area contributed by atoms with Crippen molar-refractivity contribution < 1.29 is 14.6 Å². The Hall–Kier alpha value is -2.32. The Kier molecular flexibility index (Phi) is 10.8. The Morgan fingerprint density at radius 2 is 2.00 bits per heavy atom. The normalized spacial score (nSPS) is 18.0. The van der Waals surface area contributed by atoms with Crippen LogP contribution < -0.4 is 15.4 Å². The topological polar surface area (TPSA) is 89.4 Å². The Labute approximate surface area is 193 Å². The number of nitrogens with zero attached hydrogens (tertiary/aromatic N) is 3. The zero-order valence-corrected chi connectivity index (χ0v) is 20.3. The molecular weight excluding hydrogens is 406 g/mol.